The second kappa shape index (κ2) is 5.75. The van der Waals surface area contributed by atoms with Gasteiger partial charge in [-0.25, -0.2) is 0 Å². The summed E-state index contributed by atoms with van der Waals surface area (Å²) in [7, 11) is 0. The third-order valence-corrected chi connectivity index (χ3v) is 3.85. The second-order valence-electron chi connectivity index (χ2n) is 5.31. The van der Waals surface area contributed by atoms with Crippen molar-refractivity contribution in [2.45, 2.75) is 24.9 Å². The van der Waals surface area contributed by atoms with Gasteiger partial charge in [0.05, 0.1) is 5.41 Å². The molecule has 3 rings (SSSR count). The topological polar surface area (TPSA) is 38.3 Å². The maximum absolute atomic E-state index is 12.5. The molecule has 22 heavy (non-hydrogen) atoms. The molecule has 0 radical (unpaired) electrons. The molecule has 0 heterocycles. The minimum atomic E-state index is -2.85. The lowest BCUT2D eigenvalue weighted by atomic mass is 9.95. The zero-order valence-electron chi connectivity index (χ0n) is 11.8. The number of amides is 1. The van der Waals surface area contributed by atoms with Crippen LogP contribution in [0.4, 0.5) is 14.5 Å². The Morgan fingerprint density at radius 2 is 1.68 bits per heavy atom. The normalized spacial score (nSPS) is 15.4. The first kappa shape index (κ1) is 14.5. The second-order valence-corrected chi connectivity index (χ2v) is 5.31. The van der Waals surface area contributed by atoms with Crippen LogP contribution in [-0.4, -0.2) is 12.5 Å². The van der Waals surface area contributed by atoms with Gasteiger partial charge in [-0.3, -0.25) is 4.79 Å². The van der Waals surface area contributed by atoms with E-state index in [4.69, 9.17) is 0 Å². The Labute approximate surface area is 126 Å². The Kier molecular flexibility index (Phi) is 3.79. The van der Waals surface area contributed by atoms with Crippen LogP contribution in [0.5, 0.6) is 5.75 Å². The molecule has 2 aromatic carbocycles. The van der Waals surface area contributed by atoms with Gasteiger partial charge in [-0.05, 0) is 42.7 Å². The highest BCUT2D eigenvalue weighted by Crippen LogP contribution is 2.48. The molecule has 0 aromatic heterocycles. The van der Waals surface area contributed by atoms with Crippen LogP contribution in [0.2, 0.25) is 0 Å². The zero-order chi connectivity index (χ0) is 15.6. The summed E-state index contributed by atoms with van der Waals surface area (Å²) in [5.41, 5.74) is 1.11. The minimum absolute atomic E-state index is 0.0668. The smallest absolute Gasteiger partial charge is 0.387 e. The fourth-order valence-corrected chi connectivity index (χ4v) is 2.50. The van der Waals surface area contributed by atoms with Crippen LogP contribution in [0.15, 0.2) is 54.6 Å². The molecule has 1 aliphatic rings. The molecular formula is C17H15F2NO2. The summed E-state index contributed by atoms with van der Waals surface area (Å²) >= 11 is 0. The number of rotatable bonds is 5. The predicted molar refractivity (Wildman–Crippen MR) is 79.1 cm³/mol. The number of carbonyl (C=O) groups is 1. The Balaban J connectivity index is 1.70. The van der Waals surface area contributed by atoms with E-state index in [1.165, 1.54) is 12.1 Å². The van der Waals surface area contributed by atoms with Crippen molar-refractivity contribution in [3.63, 3.8) is 0 Å². The number of ether oxygens (including phenoxy) is 1. The fraction of sp³-hybridized carbons (Fsp3) is 0.235. The van der Waals surface area contributed by atoms with Gasteiger partial charge in [0.15, 0.2) is 0 Å². The highest BCUT2D eigenvalue weighted by molar-refractivity contribution is 6.01. The van der Waals surface area contributed by atoms with Crippen LogP contribution < -0.4 is 10.1 Å². The molecule has 2 aromatic rings. The molecule has 114 valence electrons. The van der Waals surface area contributed by atoms with Gasteiger partial charge in [-0.1, -0.05) is 30.3 Å². The summed E-state index contributed by atoms with van der Waals surface area (Å²) in [6.45, 7) is -2.85. The monoisotopic (exact) mass is 303 g/mol. The summed E-state index contributed by atoms with van der Waals surface area (Å²) < 4.78 is 28.5. The molecule has 0 atom stereocenters. The Hall–Kier alpha value is -2.43. The van der Waals surface area contributed by atoms with Gasteiger partial charge < -0.3 is 10.1 Å². The van der Waals surface area contributed by atoms with Crippen LogP contribution in [0.25, 0.3) is 0 Å². The maximum atomic E-state index is 12.5. The van der Waals surface area contributed by atoms with Gasteiger partial charge in [0.2, 0.25) is 5.91 Å². The zero-order valence-corrected chi connectivity index (χ0v) is 11.8. The summed E-state index contributed by atoms with van der Waals surface area (Å²) in [5, 5.41) is 2.84. The molecule has 0 bridgehead atoms. The van der Waals surface area contributed by atoms with Gasteiger partial charge in [0.1, 0.15) is 5.75 Å². The Morgan fingerprint density at radius 1 is 1.05 bits per heavy atom. The molecule has 1 saturated carbocycles. The Morgan fingerprint density at radius 3 is 2.23 bits per heavy atom. The van der Waals surface area contributed by atoms with Crippen LogP contribution >= 0.6 is 0 Å². The molecule has 5 heteroatoms. The summed E-state index contributed by atoms with van der Waals surface area (Å²) in [4.78, 5) is 12.5. The van der Waals surface area contributed by atoms with E-state index in [-0.39, 0.29) is 11.7 Å². The predicted octanol–water partition coefficient (Wildman–Crippen LogP) is 3.96. The molecule has 0 saturated heterocycles. The molecule has 0 unspecified atom stereocenters. The highest BCUT2D eigenvalue weighted by Gasteiger charge is 2.51. The van der Waals surface area contributed by atoms with Crippen molar-refractivity contribution >= 4 is 11.6 Å². The fourth-order valence-electron chi connectivity index (χ4n) is 2.50. The van der Waals surface area contributed by atoms with Crippen molar-refractivity contribution in [1.82, 2.24) is 0 Å². The number of hydrogen-bond donors (Lipinski definition) is 1. The third kappa shape index (κ3) is 2.93. The van der Waals surface area contributed by atoms with Gasteiger partial charge in [-0.15, -0.1) is 0 Å². The van der Waals surface area contributed by atoms with E-state index in [0.717, 1.165) is 18.4 Å². The van der Waals surface area contributed by atoms with Crippen molar-refractivity contribution in [1.29, 1.82) is 0 Å². The van der Waals surface area contributed by atoms with Crippen LogP contribution in [0.3, 0.4) is 0 Å². The van der Waals surface area contributed by atoms with E-state index >= 15 is 0 Å². The summed E-state index contributed by atoms with van der Waals surface area (Å²) in [6.07, 6.45) is 1.63. The van der Waals surface area contributed by atoms with Crippen LogP contribution in [0, 0.1) is 0 Å². The van der Waals surface area contributed by atoms with E-state index in [1.807, 2.05) is 30.3 Å². The summed E-state index contributed by atoms with van der Waals surface area (Å²) in [6, 6.07) is 15.6. The van der Waals surface area contributed by atoms with Crippen molar-refractivity contribution in [2.24, 2.45) is 0 Å². The van der Waals surface area contributed by atoms with Crippen molar-refractivity contribution in [2.75, 3.05) is 5.32 Å². The molecule has 0 aliphatic heterocycles. The van der Waals surface area contributed by atoms with Gasteiger partial charge in [-0.2, -0.15) is 8.78 Å². The lowest BCUT2D eigenvalue weighted by Gasteiger charge is -2.16. The molecule has 0 spiro atoms. The molecule has 1 N–H and O–H groups in total. The standard InChI is InChI=1S/C17H15F2NO2/c18-16(19)22-14-8-6-13(7-9-14)20-15(21)17(10-11-17)12-4-2-1-3-5-12/h1-9,16H,10-11H2,(H,20,21). The van der Waals surface area contributed by atoms with E-state index in [0.29, 0.717) is 5.69 Å². The molecule has 3 nitrogen and oxygen atoms in total. The van der Waals surface area contributed by atoms with Gasteiger partial charge >= 0.3 is 6.61 Å². The number of hydrogen-bond acceptors (Lipinski definition) is 2. The first-order chi connectivity index (χ1) is 10.6. The maximum Gasteiger partial charge on any atom is 0.387 e. The minimum Gasteiger partial charge on any atom is -0.435 e. The van der Waals surface area contributed by atoms with Crippen molar-refractivity contribution in [3.8, 4) is 5.75 Å². The van der Waals surface area contributed by atoms with E-state index in [2.05, 4.69) is 10.1 Å². The van der Waals surface area contributed by atoms with E-state index in [9.17, 15) is 13.6 Å². The quantitative estimate of drug-likeness (QED) is 0.908. The SMILES string of the molecule is O=C(Nc1ccc(OC(F)F)cc1)C1(c2ccccc2)CC1. The first-order valence-electron chi connectivity index (χ1n) is 7.02. The molecule has 1 amide bonds. The number of nitrogens with one attached hydrogen (secondary N) is 1. The Bertz CT molecular complexity index is 652. The number of alkyl halides is 2. The van der Waals surface area contributed by atoms with Crippen LogP contribution in [0.1, 0.15) is 18.4 Å². The largest absolute Gasteiger partial charge is 0.435 e. The van der Waals surface area contributed by atoms with Crippen molar-refractivity contribution < 1.29 is 18.3 Å². The molecule has 1 aliphatic carbocycles. The van der Waals surface area contributed by atoms with Gasteiger partial charge in [0, 0.05) is 5.69 Å². The molecular weight excluding hydrogens is 288 g/mol. The third-order valence-electron chi connectivity index (χ3n) is 3.85. The van der Waals surface area contributed by atoms with Crippen LogP contribution in [-0.2, 0) is 10.2 Å². The average Bonchev–Trinajstić information content (AvgIpc) is 3.31. The highest BCUT2D eigenvalue weighted by atomic mass is 19.3. The van der Waals surface area contributed by atoms with Gasteiger partial charge in [0.25, 0.3) is 0 Å². The number of carbonyl (C=O) groups excluding carboxylic acids is 1. The number of halogens is 2. The lowest BCUT2D eigenvalue weighted by molar-refractivity contribution is -0.118. The number of anilines is 1. The van der Waals surface area contributed by atoms with E-state index in [1.54, 1.807) is 12.1 Å². The average molecular weight is 303 g/mol. The van der Waals surface area contributed by atoms with E-state index < -0.39 is 12.0 Å². The molecule has 1 fully saturated rings. The first-order valence-corrected chi connectivity index (χ1v) is 7.02. The summed E-state index contributed by atoms with van der Waals surface area (Å²) in [5.74, 6) is -0.00146. The number of benzene rings is 2. The lowest BCUT2D eigenvalue weighted by Crippen LogP contribution is -2.27. The van der Waals surface area contributed by atoms with Crippen molar-refractivity contribution in [3.05, 3.63) is 60.2 Å².